The summed E-state index contributed by atoms with van der Waals surface area (Å²) < 4.78 is 0. The van der Waals surface area contributed by atoms with Crippen molar-refractivity contribution in [3.05, 3.63) is 42.0 Å². The van der Waals surface area contributed by atoms with Gasteiger partial charge in [-0.15, -0.1) is 24.0 Å². The molecule has 3 aliphatic rings. The van der Waals surface area contributed by atoms with Crippen LogP contribution >= 0.6 is 24.0 Å². The number of benzene rings is 1. The van der Waals surface area contributed by atoms with Crippen LogP contribution in [-0.2, 0) is 20.9 Å². The van der Waals surface area contributed by atoms with E-state index in [0.717, 1.165) is 17.7 Å². The standard InChI is InChI=1S/C22H27N5O3.HI/c1-13(28)26-17-5-3-4-14(10-17)12-25-22(23-2)24-8-9-27-20(29)18-15-6-7-16(11-15)19(18)21(27)30;/h3-7,10,15-16,18-19H,8-9,11-12H2,1-2H3,(H,26,28)(H2,23,24,25);1H. The fourth-order valence-electron chi connectivity index (χ4n) is 4.84. The summed E-state index contributed by atoms with van der Waals surface area (Å²) in [5, 5.41) is 9.13. The lowest BCUT2D eigenvalue weighted by molar-refractivity contribution is -0.140. The van der Waals surface area contributed by atoms with Gasteiger partial charge < -0.3 is 16.0 Å². The van der Waals surface area contributed by atoms with Crippen LogP contribution in [-0.4, -0.2) is 48.7 Å². The van der Waals surface area contributed by atoms with E-state index in [4.69, 9.17) is 0 Å². The lowest BCUT2D eigenvalue weighted by Crippen LogP contribution is -2.43. The number of likely N-dealkylation sites (tertiary alicyclic amines) is 1. The van der Waals surface area contributed by atoms with Gasteiger partial charge in [0.1, 0.15) is 0 Å². The third-order valence-electron chi connectivity index (χ3n) is 6.12. The molecule has 4 rings (SSSR count). The van der Waals surface area contributed by atoms with Crippen LogP contribution in [0.2, 0.25) is 0 Å². The molecule has 1 aromatic rings. The fourth-order valence-corrected chi connectivity index (χ4v) is 4.84. The summed E-state index contributed by atoms with van der Waals surface area (Å²) in [6, 6.07) is 7.56. The summed E-state index contributed by atoms with van der Waals surface area (Å²) >= 11 is 0. The normalized spacial score (nSPS) is 26.0. The van der Waals surface area contributed by atoms with Crippen molar-refractivity contribution in [2.45, 2.75) is 19.9 Å². The zero-order chi connectivity index (χ0) is 21.3. The summed E-state index contributed by atoms with van der Waals surface area (Å²) in [4.78, 5) is 42.2. The summed E-state index contributed by atoms with van der Waals surface area (Å²) in [7, 11) is 1.67. The van der Waals surface area contributed by atoms with Gasteiger partial charge in [0.15, 0.2) is 5.96 Å². The Labute approximate surface area is 198 Å². The predicted molar refractivity (Wildman–Crippen MR) is 129 cm³/mol. The molecule has 2 aliphatic carbocycles. The summed E-state index contributed by atoms with van der Waals surface area (Å²) in [6.45, 7) is 2.77. The van der Waals surface area contributed by atoms with Gasteiger partial charge in [-0.1, -0.05) is 24.3 Å². The minimum Gasteiger partial charge on any atom is -0.355 e. The molecule has 2 fully saturated rings. The Morgan fingerprint density at radius 1 is 1.13 bits per heavy atom. The van der Waals surface area contributed by atoms with E-state index in [0.29, 0.717) is 25.6 Å². The van der Waals surface area contributed by atoms with E-state index in [1.807, 2.05) is 24.3 Å². The van der Waals surface area contributed by atoms with Crippen LogP contribution < -0.4 is 16.0 Å². The van der Waals surface area contributed by atoms with Crippen LogP contribution in [0.4, 0.5) is 5.69 Å². The molecule has 3 amide bonds. The predicted octanol–water partition coefficient (Wildman–Crippen LogP) is 1.74. The smallest absolute Gasteiger partial charge is 0.233 e. The largest absolute Gasteiger partial charge is 0.355 e. The molecule has 3 N–H and O–H groups in total. The first-order chi connectivity index (χ1) is 14.5. The molecule has 166 valence electrons. The van der Waals surface area contributed by atoms with Crippen molar-refractivity contribution >= 4 is 53.3 Å². The van der Waals surface area contributed by atoms with Gasteiger partial charge in [0.05, 0.1) is 11.8 Å². The van der Waals surface area contributed by atoms with Crippen molar-refractivity contribution in [2.75, 3.05) is 25.5 Å². The summed E-state index contributed by atoms with van der Waals surface area (Å²) in [5.41, 5.74) is 1.73. The Morgan fingerprint density at radius 2 is 1.81 bits per heavy atom. The molecular weight excluding hydrogens is 509 g/mol. The van der Waals surface area contributed by atoms with Gasteiger partial charge in [-0.3, -0.25) is 24.3 Å². The van der Waals surface area contributed by atoms with E-state index in [9.17, 15) is 14.4 Å². The molecule has 1 aliphatic heterocycles. The molecule has 4 unspecified atom stereocenters. The van der Waals surface area contributed by atoms with Crippen molar-refractivity contribution in [2.24, 2.45) is 28.7 Å². The highest BCUT2D eigenvalue weighted by Gasteiger charge is 2.58. The Kier molecular flexibility index (Phi) is 7.34. The molecule has 4 atom stereocenters. The highest BCUT2D eigenvalue weighted by Crippen LogP contribution is 2.52. The van der Waals surface area contributed by atoms with E-state index in [-0.39, 0.29) is 65.4 Å². The Balaban J connectivity index is 0.00000272. The number of rotatable bonds is 6. The van der Waals surface area contributed by atoms with Gasteiger partial charge in [0.25, 0.3) is 0 Å². The second-order valence-electron chi connectivity index (χ2n) is 8.06. The maximum atomic E-state index is 12.7. The quantitative estimate of drug-likeness (QED) is 0.169. The van der Waals surface area contributed by atoms with E-state index in [2.05, 4.69) is 33.1 Å². The molecule has 2 bridgehead atoms. The van der Waals surface area contributed by atoms with E-state index < -0.39 is 0 Å². The highest BCUT2D eigenvalue weighted by atomic mass is 127. The SMILES string of the molecule is CN=C(NCCN1C(=O)C2C3C=CC(C3)C2C1=O)NCc1cccc(NC(C)=O)c1.I. The topological polar surface area (TPSA) is 103 Å². The molecule has 1 saturated carbocycles. The molecule has 1 saturated heterocycles. The first-order valence-electron chi connectivity index (χ1n) is 10.3. The van der Waals surface area contributed by atoms with Gasteiger partial charge in [0.2, 0.25) is 17.7 Å². The van der Waals surface area contributed by atoms with Crippen molar-refractivity contribution in [3.63, 3.8) is 0 Å². The van der Waals surface area contributed by atoms with Crippen LogP contribution in [0, 0.1) is 23.7 Å². The van der Waals surface area contributed by atoms with E-state index in [1.54, 1.807) is 7.05 Å². The molecule has 8 nitrogen and oxygen atoms in total. The first-order valence-corrected chi connectivity index (χ1v) is 10.3. The molecule has 1 aromatic carbocycles. The molecule has 1 heterocycles. The second-order valence-corrected chi connectivity index (χ2v) is 8.06. The third-order valence-corrected chi connectivity index (χ3v) is 6.12. The van der Waals surface area contributed by atoms with Crippen molar-refractivity contribution in [1.82, 2.24) is 15.5 Å². The maximum absolute atomic E-state index is 12.7. The molecular formula is C22H28IN5O3. The average molecular weight is 537 g/mol. The van der Waals surface area contributed by atoms with Gasteiger partial charge in [-0.25, -0.2) is 0 Å². The number of amides is 3. The fraction of sp³-hybridized carbons (Fsp3) is 0.455. The van der Waals surface area contributed by atoms with Gasteiger partial charge in [-0.05, 0) is 36.0 Å². The molecule has 31 heavy (non-hydrogen) atoms. The number of guanidine groups is 1. The van der Waals surface area contributed by atoms with Crippen LogP contribution in [0.15, 0.2) is 41.4 Å². The minimum absolute atomic E-state index is 0. The first kappa shape index (κ1) is 23.2. The Morgan fingerprint density at radius 3 is 2.42 bits per heavy atom. The number of halogens is 1. The average Bonchev–Trinajstić information content (AvgIpc) is 3.39. The molecule has 9 heteroatoms. The number of hydrogen-bond donors (Lipinski definition) is 3. The number of hydrogen-bond acceptors (Lipinski definition) is 4. The minimum atomic E-state index is -0.152. The van der Waals surface area contributed by atoms with Crippen LogP contribution in [0.3, 0.4) is 0 Å². The number of allylic oxidation sites excluding steroid dienone is 2. The lowest BCUT2D eigenvalue weighted by atomic mass is 9.85. The van der Waals surface area contributed by atoms with Crippen molar-refractivity contribution < 1.29 is 14.4 Å². The molecule has 0 radical (unpaired) electrons. The summed E-state index contributed by atoms with van der Waals surface area (Å²) in [6.07, 6.45) is 5.15. The van der Waals surface area contributed by atoms with Gasteiger partial charge >= 0.3 is 0 Å². The van der Waals surface area contributed by atoms with Crippen molar-refractivity contribution in [3.8, 4) is 0 Å². The number of anilines is 1. The van der Waals surface area contributed by atoms with Crippen LogP contribution in [0.5, 0.6) is 0 Å². The maximum Gasteiger partial charge on any atom is 0.233 e. The number of fused-ring (bicyclic) bond motifs is 5. The number of aliphatic imine (C=N–C) groups is 1. The van der Waals surface area contributed by atoms with Gasteiger partial charge in [0, 0.05) is 39.3 Å². The Bertz CT molecular complexity index is 901. The zero-order valence-electron chi connectivity index (χ0n) is 17.6. The molecule has 0 aromatic heterocycles. The van der Waals surface area contributed by atoms with Crippen LogP contribution in [0.1, 0.15) is 18.9 Å². The van der Waals surface area contributed by atoms with E-state index >= 15 is 0 Å². The van der Waals surface area contributed by atoms with Crippen LogP contribution in [0.25, 0.3) is 0 Å². The monoisotopic (exact) mass is 537 g/mol. The van der Waals surface area contributed by atoms with Crippen molar-refractivity contribution in [1.29, 1.82) is 0 Å². The third kappa shape index (κ3) is 4.76. The Hall–Kier alpha value is -2.43. The molecule has 0 spiro atoms. The van der Waals surface area contributed by atoms with E-state index in [1.165, 1.54) is 11.8 Å². The number of carbonyl (C=O) groups excluding carboxylic acids is 3. The number of nitrogens with one attached hydrogen (secondary N) is 3. The number of carbonyl (C=O) groups is 3. The summed E-state index contributed by atoms with van der Waals surface area (Å²) in [5.74, 6) is 0.580. The highest BCUT2D eigenvalue weighted by molar-refractivity contribution is 14.0. The second kappa shape index (κ2) is 9.80. The zero-order valence-corrected chi connectivity index (χ0v) is 20.0. The lowest BCUT2D eigenvalue weighted by Gasteiger charge is -2.18. The number of imide groups is 1. The number of nitrogens with zero attached hydrogens (tertiary/aromatic N) is 2. The van der Waals surface area contributed by atoms with Gasteiger partial charge in [-0.2, -0.15) is 0 Å².